The quantitative estimate of drug-likeness (QED) is 0.210. The first-order valence-corrected chi connectivity index (χ1v) is 9.45. The topological polar surface area (TPSA) is 111 Å². The van der Waals surface area contributed by atoms with Gasteiger partial charge in [-0.1, -0.05) is 11.8 Å². The van der Waals surface area contributed by atoms with Crippen LogP contribution in [0.1, 0.15) is 11.1 Å². The number of hydrogen-bond acceptors (Lipinski definition) is 6. The lowest BCUT2D eigenvalue weighted by molar-refractivity contribution is 0.455. The summed E-state index contributed by atoms with van der Waals surface area (Å²) in [7, 11) is 0. The smallest absolute Gasteiger partial charge is 0.143 e. The summed E-state index contributed by atoms with van der Waals surface area (Å²) in [6.07, 6.45) is 11.4. The minimum absolute atomic E-state index is 0.0874. The van der Waals surface area contributed by atoms with Crippen LogP contribution in [-0.4, -0.2) is 10.2 Å². The number of benzene rings is 4. The molecule has 0 amide bonds. The van der Waals surface area contributed by atoms with Gasteiger partial charge in [-0.3, -0.25) is 0 Å². The molecule has 6 nitrogen and oxygen atoms in total. The van der Waals surface area contributed by atoms with Gasteiger partial charge in [0.2, 0.25) is 0 Å². The van der Waals surface area contributed by atoms with E-state index in [0.717, 1.165) is 10.8 Å². The molecule has 0 fully saturated rings. The van der Waals surface area contributed by atoms with Gasteiger partial charge in [0.1, 0.15) is 34.5 Å². The van der Waals surface area contributed by atoms with Crippen molar-refractivity contribution in [2.75, 3.05) is 11.5 Å². The molecule has 0 aliphatic rings. The molecule has 4 aromatic carbocycles. The molecule has 0 saturated heterocycles. The molecule has 0 bridgehead atoms. The number of ether oxygens (including phenoxy) is 2. The number of rotatable bonds is 4. The Bertz CT molecular complexity index is 1330. The third kappa shape index (κ3) is 3.89. The molecule has 156 valence electrons. The van der Waals surface area contributed by atoms with Crippen LogP contribution in [0.2, 0.25) is 0 Å². The summed E-state index contributed by atoms with van der Waals surface area (Å²) in [6, 6.07) is 16.2. The van der Waals surface area contributed by atoms with Crippen LogP contribution in [0.4, 0.5) is 11.4 Å². The van der Waals surface area contributed by atoms with E-state index in [1.807, 2.05) is 0 Å². The number of fused-ring (bicyclic) bond motifs is 1. The monoisotopic (exact) mass is 422 g/mol. The van der Waals surface area contributed by atoms with Crippen LogP contribution in [-0.2, 0) is 0 Å². The first-order valence-electron chi connectivity index (χ1n) is 9.45. The SMILES string of the molecule is C#Cc1cc2cc(Oc3ccc(N)c(O)c3)c(C#C)cc2cc1Oc1ccc(N)c(O)c1. The van der Waals surface area contributed by atoms with Gasteiger partial charge in [0.15, 0.2) is 0 Å². The molecule has 6 N–H and O–H groups in total. The third-order valence-corrected chi connectivity index (χ3v) is 4.81. The molecule has 0 heterocycles. The lowest BCUT2D eigenvalue weighted by atomic mass is 10.0. The van der Waals surface area contributed by atoms with Crippen molar-refractivity contribution in [1.29, 1.82) is 0 Å². The van der Waals surface area contributed by atoms with Crippen molar-refractivity contribution >= 4 is 22.1 Å². The molecule has 0 aliphatic heterocycles. The van der Waals surface area contributed by atoms with Gasteiger partial charge in [0.25, 0.3) is 0 Å². The zero-order valence-corrected chi connectivity index (χ0v) is 16.8. The Morgan fingerprint density at radius 1 is 0.625 bits per heavy atom. The molecule has 0 unspecified atom stereocenters. The van der Waals surface area contributed by atoms with Crippen LogP contribution in [0.3, 0.4) is 0 Å². The molecule has 4 rings (SSSR count). The average Bonchev–Trinajstić information content (AvgIpc) is 2.78. The van der Waals surface area contributed by atoms with E-state index in [1.54, 1.807) is 36.4 Å². The number of hydrogen-bond donors (Lipinski definition) is 4. The normalized spacial score (nSPS) is 10.3. The molecule has 0 aromatic heterocycles. The van der Waals surface area contributed by atoms with E-state index in [9.17, 15) is 10.2 Å². The molecule has 0 spiro atoms. The lowest BCUT2D eigenvalue weighted by Crippen LogP contribution is -1.93. The van der Waals surface area contributed by atoms with Gasteiger partial charge in [0.05, 0.1) is 22.5 Å². The fourth-order valence-corrected chi connectivity index (χ4v) is 3.13. The van der Waals surface area contributed by atoms with Gasteiger partial charge >= 0.3 is 0 Å². The fraction of sp³-hybridized carbons (Fsp3) is 0. The second-order valence-corrected chi connectivity index (χ2v) is 6.98. The maximum Gasteiger partial charge on any atom is 0.143 e. The van der Waals surface area contributed by atoms with E-state index in [1.165, 1.54) is 24.3 Å². The summed E-state index contributed by atoms with van der Waals surface area (Å²) in [5, 5.41) is 21.2. The Kier molecular flexibility index (Phi) is 5.12. The minimum Gasteiger partial charge on any atom is -0.506 e. The molecule has 32 heavy (non-hydrogen) atoms. The van der Waals surface area contributed by atoms with Gasteiger partial charge in [0, 0.05) is 12.1 Å². The molecule has 0 atom stereocenters. The molecule has 4 aromatic rings. The zero-order chi connectivity index (χ0) is 22.8. The van der Waals surface area contributed by atoms with Crippen LogP contribution in [0.5, 0.6) is 34.5 Å². The summed E-state index contributed by atoms with van der Waals surface area (Å²) in [5.41, 5.74) is 12.8. The van der Waals surface area contributed by atoms with Crippen LogP contribution in [0.15, 0.2) is 60.7 Å². The highest BCUT2D eigenvalue weighted by molar-refractivity contribution is 5.89. The average molecular weight is 422 g/mol. The van der Waals surface area contributed by atoms with Crippen molar-refractivity contribution in [2.45, 2.75) is 0 Å². The highest BCUT2D eigenvalue weighted by atomic mass is 16.5. The second kappa shape index (κ2) is 8.06. The van der Waals surface area contributed by atoms with Crippen LogP contribution < -0.4 is 20.9 Å². The number of aromatic hydroxyl groups is 2. The number of nitrogens with two attached hydrogens (primary N) is 2. The number of anilines is 2. The number of terminal acetylenes is 2. The molecule has 0 aliphatic carbocycles. The van der Waals surface area contributed by atoms with Gasteiger partial charge < -0.3 is 31.2 Å². The summed E-state index contributed by atoms with van der Waals surface area (Å²) >= 11 is 0. The summed E-state index contributed by atoms with van der Waals surface area (Å²) in [6.45, 7) is 0. The number of phenols is 2. The largest absolute Gasteiger partial charge is 0.506 e. The molecule has 6 heteroatoms. The van der Waals surface area contributed by atoms with Crippen LogP contribution in [0, 0.1) is 24.7 Å². The molecular formula is C26H18N2O4. The predicted molar refractivity (Wildman–Crippen MR) is 125 cm³/mol. The highest BCUT2D eigenvalue weighted by Crippen LogP contribution is 2.37. The lowest BCUT2D eigenvalue weighted by Gasteiger charge is -2.13. The van der Waals surface area contributed by atoms with Crippen molar-refractivity contribution in [1.82, 2.24) is 0 Å². The van der Waals surface area contributed by atoms with Crippen LogP contribution in [0.25, 0.3) is 10.8 Å². The Balaban J connectivity index is 1.76. The zero-order valence-electron chi connectivity index (χ0n) is 16.8. The summed E-state index contributed by atoms with van der Waals surface area (Å²) < 4.78 is 11.8. The Hall–Kier alpha value is -4.94. The first-order chi connectivity index (χ1) is 15.4. The van der Waals surface area contributed by atoms with Gasteiger partial charge in [-0.15, -0.1) is 12.8 Å². The summed E-state index contributed by atoms with van der Waals surface area (Å²) in [4.78, 5) is 0. The van der Waals surface area contributed by atoms with E-state index in [-0.39, 0.29) is 22.9 Å². The Labute approximate surface area is 184 Å². The van der Waals surface area contributed by atoms with E-state index < -0.39 is 0 Å². The number of phenolic OH excluding ortho intramolecular Hbond substituents is 2. The standard InChI is InChI=1S/C26H18N2O4/c1-3-15-9-17-12-26(32-20-6-8-22(28)24(30)14-20)16(4-2)10-18(17)11-25(15)31-19-5-7-21(27)23(29)13-19/h1-2,5-14,29-30H,27-28H2. The van der Waals surface area contributed by atoms with Crippen molar-refractivity contribution < 1.29 is 19.7 Å². The van der Waals surface area contributed by atoms with Crippen molar-refractivity contribution in [3.05, 3.63) is 71.8 Å². The minimum atomic E-state index is -0.0874. The number of nitrogen functional groups attached to an aromatic ring is 2. The van der Waals surface area contributed by atoms with Crippen molar-refractivity contribution in [2.24, 2.45) is 0 Å². The first kappa shape index (κ1) is 20.3. The third-order valence-electron chi connectivity index (χ3n) is 4.81. The summed E-state index contributed by atoms with van der Waals surface area (Å²) in [5.74, 6) is 6.64. The van der Waals surface area contributed by atoms with Crippen LogP contribution >= 0.6 is 0 Å². The molecular weight excluding hydrogens is 404 g/mol. The van der Waals surface area contributed by atoms with Gasteiger partial charge in [-0.05, 0) is 59.3 Å². The Morgan fingerprint density at radius 3 is 1.38 bits per heavy atom. The van der Waals surface area contributed by atoms with E-state index in [0.29, 0.717) is 34.1 Å². The maximum absolute atomic E-state index is 9.82. The van der Waals surface area contributed by atoms with Gasteiger partial charge in [-0.25, -0.2) is 0 Å². The maximum atomic E-state index is 9.82. The predicted octanol–water partition coefficient (Wildman–Crippen LogP) is 4.96. The van der Waals surface area contributed by atoms with Gasteiger partial charge in [-0.2, -0.15) is 0 Å². The van der Waals surface area contributed by atoms with E-state index >= 15 is 0 Å². The second-order valence-electron chi connectivity index (χ2n) is 6.98. The van der Waals surface area contributed by atoms with E-state index in [4.69, 9.17) is 33.8 Å². The van der Waals surface area contributed by atoms with Crippen molar-refractivity contribution in [3.63, 3.8) is 0 Å². The van der Waals surface area contributed by atoms with E-state index in [2.05, 4.69) is 11.8 Å². The fourth-order valence-electron chi connectivity index (χ4n) is 3.13. The molecule has 0 radical (unpaired) electrons. The highest BCUT2D eigenvalue weighted by Gasteiger charge is 2.12. The Morgan fingerprint density at radius 2 is 1.03 bits per heavy atom. The van der Waals surface area contributed by atoms with Crippen molar-refractivity contribution in [3.8, 4) is 59.2 Å². The molecule has 0 saturated carbocycles.